The first-order valence-electron chi connectivity index (χ1n) is 4.80. The van der Waals surface area contributed by atoms with Gasteiger partial charge in [-0.3, -0.25) is 4.79 Å². The van der Waals surface area contributed by atoms with Crippen LogP contribution in [0, 0.1) is 5.92 Å². The Hall–Kier alpha value is -0.610. The molecule has 0 bridgehead atoms. The smallest absolute Gasteiger partial charge is 0.251 e. The Balaban J connectivity index is 2.45. The standard InChI is InChI=1S/C9H18N2O2/c1-7(2)8(12)9(13)11-5-3-10-4-6-11/h7-8,10,12H,3-6H2,1-2H3/t8-/m1/s1. The van der Waals surface area contributed by atoms with Crippen molar-refractivity contribution in [3.8, 4) is 0 Å². The van der Waals surface area contributed by atoms with E-state index in [0.717, 1.165) is 13.1 Å². The monoisotopic (exact) mass is 186 g/mol. The first kappa shape index (κ1) is 10.5. The molecule has 0 saturated carbocycles. The van der Waals surface area contributed by atoms with Gasteiger partial charge >= 0.3 is 0 Å². The summed E-state index contributed by atoms with van der Waals surface area (Å²) < 4.78 is 0. The second-order valence-electron chi connectivity index (χ2n) is 3.76. The van der Waals surface area contributed by atoms with Crippen LogP contribution in [0.4, 0.5) is 0 Å². The molecule has 1 amide bonds. The van der Waals surface area contributed by atoms with Gasteiger partial charge in [0.25, 0.3) is 5.91 Å². The van der Waals surface area contributed by atoms with Gasteiger partial charge in [0, 0.05) is 26.2 Å². The summed E-state index contributed by atoms with van der Waals surface area (Å²) in [6.07, 6.45) is -0.835. The number of nitrogens with zero attached hydrogens (tertiary/aromatic N) is 1. The number of carbonyl (C=O) groups is 1. The highest BCUT2D eigenvalue weighted by Gasteiger charge is 2.25. The van der Waals surface area contributed by atoms with Crippen molar-refractivity contribution in [1.82, 2.24) is 10.2 Å². The molecule has 1 rings (SSSR count). The Morgan fingerprint density at radius 2 is 1.92 bits per heavy atom. The van der Waals surface area contributed by atoms with Gasteiger partial charge < -0.3 is 15.3 Å². The van der Waals surface area contributed by atoms with E-state index >= 15 is 0 Å². The molecule has 0 aliphatic carbocycles. The molecule has 0 unspecified atom stereocenters. The maximum Gasteiger partial charge on any atom is 0.251 e. The third-order valence-corrected chi connectivity index (χ3v) is 2.31. The zero-order chi connectivity index (χ0) is 9.84. The van der Waals surface area contributed by atoms with Crippen molar-refractivity contribution < 1.29 is 9.90 Å². The van der Waals surface area contributed by atoms with Gasteiger partial charge in [0.15, 0.2) is 0 Å². The topological polar surface area (TPSA) is 52.6 Å². The van der Waals surface area contributed by atoms with Crippen molar-refractivity contribution in [1.29, 1.82) is 0 Å². The van der Waals surface area contributed by atoms with Crippen LogP contribution in [-0.2, 0) is 4.79 Å². The zero-order valence-corrected chi connectivity index (χ0v) is 8.29. The lowest BCUT2D eigenvalue weighted by Crippen LogP contribution is -2.50. The summed E-state index contributed by atoms with van der Waals surface area (Å²) in [5.41, 5.74) is 0. The Kier molecular flexibility index (Phi) is 3.69. The lowest BCUT2D eigenvalue weighted by Gasteiger charge is -2.30. The summed E-state index contributed by atoms with van der Waals surface area (Å²) in [5, 5.41) is 12.7. The molecule has 1 atom stereocenters. The van der Waals surface area contributed by atoms with Crippen LogP contribution in [0.1, 0.15) is 13.8 Å². The van der Waals surface area contributed by atoms with Crippen molar-refractivity contribution in [3.05, 3.63) is 0 Å². The fourth-order valence-corrected chi connectivity index (χ4v) is 1.36. The normalized spacial score (nSPS) is 20.5. The van der Waals surface area contributed by atoms with Gasteiger partial charge in [0.2, 0.25) is 0 Å². The number of piperazine rings is 1. The van der Waals surface area contributed by atoms with Crippen molar-refractivity contribution in [2.45, 2.75) is 20.0 Å². The van der Waals surface area contributed by atoms with Crippen LogP contribution in [0.2, 0.25) is 0 Å². The molecule has 1 aliphatic rings. The first-order valence-corrected chi connectivity index (χ1v) is 4.80. The van der Waals surface area contributed by atoms with E-state index in [4.69, 9.17) is 0 Å². The van der Waals surface area contributed by atoms with E-state index in [1.165, 1.54) is 0 Å². The minimum atomic E-state index is -0.835. The predicted octanol–water partition coefficient (Wildman–Crippen LogP) is -0.565. The molecular formula is C9H18N2O2. The fraction of sp³-hybridized carbons (Fsp3) is 0.889. The number of hydrogen-bond acceptors (Lipinski definition) is 3. The highest BCUT2D eigenvalue weighted by molar-refractivity contribution is 5.81. The van der Waals surface area contributed by atoms with Crippen LogP contribution in [0.25, 0.3) is 0 Å². The molecular weight excluding hydrogens is 168 g/mol. The quantitative estimate of drug-likeness (QED) is 0.607. The summed E-state index contributed by atoms with van der Waals surface area (Å²) in [5.74, 6) is -0.126. The molecule has 1 saturated heterocycles. The minimum Gasteiger partial charge on any atom is -0.383 e. The van der Waals surface area contributed by atoms with E-state index in [2.05, 4.69) is 5.32 Å². The number of aliphatic hydroxyl groups excluding tert-OH is 1. The molecule has 0 spiro atoms. The van der Waals surface area contributed by atoms with E-state index in [1.807, 2.05) is 13.8 Å². The zero-order valence-electron chi connectivity index (χ0n) is 8.29. The van der Waals surface area contributed by atoms with Gasteiger partial charge in [-0.2, -0.15) is 0 Å². The maximum atomic E-state index is 11.6. The van der Waals surface area contributed by atoms with Crippen molar-refractivity contribution >= 4 is 5.91 Å². The Labute approximate surface area is 78.9 Å². The van der Waals surface area contributed by atoms with Crippen LogP contribution in [0.5, 0.6) is 0 Å². The number of nitrogens with one attached hydrogen (secondary N) is 1. The van der Waals surface area contributed by atoms with E-state index in [0.29, 0.717) is 13.1 Å². The molecule has 2 N–H and O–H groups in total. The molecule has 76 valence electrons. The molecule has 0 aromatic carbocycles. The summed E-state index contributed by atoms with van der Waals surface area (Å²) in [6, 6.07) is 0. The molecule has 13 heavy (non-hydrogen) atoms. The van der Waals surface area contributed by atoms with Crippen LogP contribution in [0.15, 0.2) is 0 Å². The van der Waals surface area contributed by atoms with Crippen LogP contribution < -0.4 is 5.32 Å². The minimum absolute atomic E-state index is 0.00221. The summed E-state index contributed by atoms with van der Waals surface area (Å²) >= 11 is 0. The third-order valence-electron chi connectivity index (χ3n) is 2.31. The number of carbonyl (C=O) groups excluding carboxylic acids is 1. The number of amides is 1. The van der Waals surface area contributed by atoms with Crippen molar-refractivity contribution in [2.75, 3.05) is 26.2 Å². The van der Waals surface area contributed by atoms with Crippen molar-refractivity contribution in [3.63, 3.8) is 0 Å². The average molecular weight is 186 g/mol. The van der Waals surface area contributed by atoms with E-state index in [9.17, 15) is 9.90 Å². The number of rotatable bonds is 2. The highest BCUT2D eigenvalue weighted by atomic mass is 16.3. The highest BCUT2D eigenvalue weighted by Crippen LogP contribution is 2.06. The second-order valence-corrected chi connectivity index (χ2v) is 3.76. The van der Waals surface area contributed by atoms with E-state index < -0.39 is 6.10 Å². The average Bonchev–Trinajstić information content (AvgIpc) is 2.17. The molecule has 4 nitrogen and oxygen atoms in total. The van der Waals surface area contributed by atoms with Crippen LogP contribution in [-0.4, -0.2) is 48.2 Å². The molecule has 0 aromatic rings. The molecule has 1 fully saturated rings. The van der Waals surface area contributed by atoms with Crippen LogP contribution >= 0.6 is 0 Å². The van der Waals surface area contributed by atoms with E-state index in [1.54, 1.807) is 4.90 Å². The molecule has 4 heteroatoms. The van der Waals surface area contributed by atoms with Gasteiger partial charge in [-0.05, 0) is 5.92 Å². The molecule has 1 heterocycles. The first-order chi connectivity index (χ1) is 6.13. The number of aliphatic hydroxyl groups is 1. The predicted molar refractivity (Wildman–Crippen MR) is 50.3 cm³/mol. The van der Waals surface area contributed by atoms with Gasteiger partial charge in [0.05, 0.1) is 0 Å². The SMILES string of the molecule is CC(C)[C@@H](O)C(=O)N1CCNCC1. The van der Waals surface area contributed by atoms with Gasteiger partial charge in [-0.1, -0.05) is 13.8 Å². The van der Waals surface area contributed by atoms with Crippen molar-refractivity contribution in [2.24, 2.45) is 5.92 Å². The lowest BCUT2D eigenvalue weighted by atomic mass is 10.1. The molecule has 1 aliphatic heterocycles. The molecule has 0 radical (unpaired) electrons. The van der Waals surface area contributed by atoms with E-state index in [-0.39, 0.29) is 11.8 Å². The summed E-state index contributed by atoms with van der Waals surface area (Å²) in [4.78, 5) is 13.3. The molecule has 0 aromatic heterocycles. The summed E-state index contributed by atoms with van der Waals surface area (Å²) in [6.45, 7) is 6.79. The lowest BCUT2D eigenvalue weighted by molar-refractivity contribution is -0.142. The van der Waals surface area contributed by atoms with Gasteiger partial charge in [-0.15, -0.1) is 0 Å². The maximum absolute atomic E-state index is 11.6. The Morgan fingerprint density at radius 1 is 1.38 bits per heavy atom. The number of hydrogen-bond donors (Lipinski definition) is 2. The Morgan fingerprint density at radius 3 is 2.38 bits per heavy atom. The second kappa shape index (κ2) is 4.58. The third kappa shape index (κ3) is 2.67. The largest absolute Gasteiger partial charge is 0.383 e. The summed E-state index contributed by atoms with van der Waals surface area (Å²) in [7, 11) is 0. The Bertz CT molecular complexity index is 176. The van der Waals surface area contributed by atoms with Crippen LogP contribution in [0.3, 0.4) is 0 Å². The van der Waals surface area contributed by atoms with Gasteiger partial charge in [-0.25, -0.2) is 0 Å². The fourth-order valence-electron chi connectivity index (χ4n) is 1.36. The van der Waals surface area contributed by atoms with Gasteiger partial charge in [0.1, 0.15) is 6.10 Å².